The molecule has 5 heteroatoms. The van der Waals surface area contributed by atoms with Gasteiger partial charge in [0, 0.05) is 19.0 Å². The molecular formula is C11H21N3O2. The van der Waals surface area contributed by atoms with E-state index in [9.17, 15) is 9.59 Å². The van der Waals surface area contributed by atoms with Gasteiger partial charge in [-0.1, -0.05) is 0 Å². The maximum atomic E-state index is 11.5. The maximum Gasteiger partial charge on any atom is 0.237 e. The van der Waals surface area contributed by atoms with Gasteiger partial charge in [-0.3, -0.25) is 9.59 Å². The van der Waals surface area contributed by atoms with Crippen LogP contribution in [-0.4, -0.2) is 37.0 Å². The van der Waals surface area contributed by atoms with E-state index < -0.39 is 0 Å². The number of carbonyl (C=O) groups excluding carboxylic acids is 2. The summed E-state index contributed by atoms with van der Waals surface area (Å²) < 4.78 is 0. The average Bonchev–Trinajstić information content (AvgIpc) is 2.68. The normalized spacial score (nSPS) is 19.8. The summed E-state index contributed by atoms with van der Waals surface area (Å²) in [6, 6.07) is 0.0906. The first-order valence-corrected chi connectivity index (χ1v) is 5.90. The van der Waals surface area contributed by atoms with E-state index in [0.29, 0.717) is 13.0 Å². The Morgan fingerprint density at radius 1 is 1.44 bits per heavy atom. The van der Waals surface area contributed by atoms with Crippen LogP contribution >= 0.6 is 0 Å². The molecule has 0 aliphatic carbocycles. The van der Waals surface area contributed by atoms with Crippen LogP contribution in [0, 0.1) is 0 Å². The summed E-state index contributed by atoms with van der Waals surface area (Å²) in [5.41, 5.74) is 0. The van der Waals surface area contributed by atoms with E-state index in [0.717, 1.165) is 19.4 Å². The second kappa shape index (κ2) is 6.48. The van der Waals surface area contributed by atoms with Crippen molar-refractivity contribution >= 4 is 11.8 Å². The van der Waals surface area contributed by atoms with Gasteiger partial charge in [0.05, 0.1) is 6.04 Å². The summed E-state index contributed by atoms with van der Waals surface area (Å²) in [4.78, 5) is 22.8. The highest BCUT2D eigenvalue weighted by Gasteiger charge is 2.21. The monoisotopic (exact) mass is 227 g/mol. The van der Waals surface area contributed by atoms with Crippen molar-refractivity contribution in [1.82, 2.24) is 16.0 Å². The minimum atomic E-state index is -0.0619. The van der Waals surface area contributed by atoms with Crippen LogP contribution in [-0.2, 0) is 9.59 Å². The van der Waals surface area contributed by atoms with E-state index in [1.807, 2.05) is 13.8 Å². The summed E-state index contributed by atoms with van der Waals surface area (Å²) in [7, 11) is 0. The molecule has 0 aromatic rings. The fourth-order valence-electron chi connectivity index (χ4n) is 1.72. The standard InChI is InChI=1S/C11H21N3O2/c1-8(2)14-10(15)5-7-13-11(16)9-4-3-6-12-9/h8-9,12H,3-7H2,1-2H3,(H,13,16)(H,14,15)/t9-/m1/s1. The summed E-state index contributed by atoms with van der Waals surface area (Å²) in [5.74, 6) is -0.00970. The topological polar surface area (TPSA) is 70.2 Å². The largest absolute Gasteiger partial charge is 0.354 e. The molecule has 0 spiro atoms. The lowest BCUT2D eigenvalue weighted by Gasteiger charge is -2.11. The smallest absolute Gasteiger partial charge is 0.237 e. The third-order valence-electron chi connectivity index (χ3n) is 2.48. The first kappa shape index (κ1) is 13.0. The third-order valence-corrected chi connectivity index (χ3v) is 2.48. The van der Waals surface area contributed by atoms with Gasteiger partial charge in [-0.25, -0.2) is 0 Å². The van der Waals surface area contributed by atoms with Crippen LogP contribution in [0.1, 0.15) is 33.1 Å². The quantitative estimate of drug-likeness (QED) is 0.607. The molecule has 1 rings (SSSR count). The fourth-order valence-corrected chi connectivity index (χ4v) is 1.72. The molecule has 1 aliphatic heterocycles. The van der Waals surface area contributed by atoms with E-state index in [1.54, 1.807) is 0 Å². The molecule has 16 heavy (non-hydrogen) atoms. The van der Waals surface area contributed by atoms with Crippen LogP contribution in [0.25, 0.3) is 0 Å². The lowest BCUT2D eigenvalue weighted by molar-refractivity contribution is -0.123. The van der Waals surface area contributed by atoms with E-state index in [2.05, 4.69) is 16.0 Å². The fraction of sp³-hybridized carbons (Fsp3) is 0.818. The number of amides is 2. The summed E-state index contributed by atoms with van der Waals surface area (Å²) in [5, 5.41) is 8.66. The van der Waals surface area contributed by atoms with Crippen molar-refractivity contribution in [3.05, 3.63) is 0 Å². The van der Waals surface area contributed by atoms with Crippen molar-refractivity contribution in [3.63, 3.8) is 0 Å². The van der Waals surface area contributed by atoms with Gasteiger partial charge in [-0.15, -0.1) is 0 Å². The number of carbonyl (C=O) groups is 2. The Hall–Kier alpha value is -1.10. The molecule has 0 aromatic heterocycles. The van der Waals surface area contributed by atoms with Gasteiger partial charge in [0.1, 0.15) is 0 Å². The summed E-state index contributed by atoms with van der Waals surface area (Å²) in [6.45, 7) is 5.15. The number of nitrogens with one attached hydrogen (secondary N) is 3. The zero-order valence-electron chi connectivity index (χ0n) is 10.0. The molecule has 0 unspecified atom stereocenters. The lowest BCUT2D eigenvalue weighted by atomic mass is 10.2. The molecule has 0 saturated carbocycles. The van der Waals surface area contributed by atoms with Crippen molar-refractivity contribution in [1.29, 1.82) is 0 Å². The van der Waals surface area contributed by atoms with Gasteiger partial charge < -0.3 is 16.0 Å². The number of rotatable bonds is 5. The molecule has 1 heterocycles. The summed E-state index contributed by atoms with van der Waals surface area (Å²) >= 11 is 0. The molecule has 0 radical (unpaired) electrons. The van der Waals surface area contributed by atoms with Gasteiger partial charge in [-0.05, 0) is 33.2 Å². The highest BCUT2D eigenvalue weighted by Crippen LogP contribution is 2.04. The van der Waals surface area contributed by atoms with Gasteiger partial charge in [0.15, 0.2) is 0 Å². The Morgan fingerprint density at radius 2 is 2.19 bits per heavy atom. The zero-order valence-corrected chi connectivity index (χ0v) is 10.0. The Kier molecular flexibility index (Phi) is 5.25. The second-order valence-corrected chi connectivity index (χ2v) is 4.41. The zero-order chi connectivity index (χ0) is 12.0. The molecule has 1 atom stereocenters. The van der Waals surface area contributed by atoms with Crippen molar-refractivity contribution in [3.8, 4) is 0 Å². The van der Waals surface area contributed by atoms with Crippen LogP contribution in [0.5, 0.6) is 0 Å². The Bertz CT molecular complexity index is 248. The third kappa shape index (κ3) is 4.61. The van der Waals surface area contributed by atoms with Crippen LogP contribution in [0.2, 0.25) is 0 Å². The number of hydrogen-bond donors (Lipinski definition) is 3. The minimum Gasteiger partial charge on any atom is -0.354 e. The van der Waals surface area contributed by atoms with Crippen molar-refractivity contribution in [2.75, 3.05) is 13.1 Å². The van der Waals surface area contributed by atoms with E-state index in [-0.39, 0.29) is 23.9 Å². The summed E-state index contributed by atoms with van der Waals surface area (Å²) in [6.07, 6.45) is 2.28. The van der Waals surface area contributed by atoms with E-state index in [4.69, 9.17) is 0 Å². The molecule has 1 aliphatic rings. The average molecular weight is 227 g/mol. The highest BCUT2D eigenvalue weighted by molar-refractivity contribution is 5.83. The van der Waals surface area contributed by atoms with Crippen molar-refractivity contribution in [2.45, 2.75) is 45.2 Å². The molecule has 92 valence electrons. The van der Waals surface area contributed by atoms with E-state index in [1.165, 1.54) is 0 Å². The van der Waals surface area contributed by atoms with Crippen LogP contribution in [0.3, 0.4) is 0 Å². The molecule has 0 aromatic carbocycles. The molecular weight excluding hydrogens is 206 g/mol. The van der Waals surface area contributed by atoms with Gasteiger partial charge in [0.2, 0.25) is 11.8 Å². The molecule has 1 fully saturated rings. The van der Waals surface area contributed by atoms with Crippen LogP contribution in [0.15, 0.2) is 0 Å². The van der Waals surface area contributed by atoms with Gasteiger partial charge >= 0.3 is 0 Å². The molecule has 3 N–H and O–H groups in total. The highest BCUT2D eigenvalue weighted by atomic mass is 16.2. The van der Waals surface area contributed by atoms with Gasteiger partial charge in [-0.2, -0.15) is 0 Å². The predicted octanol–water partition coefficient (Wildman–Crippen LogP) is -0.231. The van der Waals surface area contributed by atoms with Crippen LogP contribution in [0.4, 0.5) is 0 Å². The molecule has 5 nitrogen and oxygen atoms in total. The minimum absolute atomic E-state index is 0.00912. The van der Waals surface area contributed by atoms with Gasteiger partial charge in [0.25, 0.3) is 0 Å². The maximum absolute atomic E-state index is 11.5. The number of hydrogen-bond acceptors (Lipinski definition) is 3. The lowest BCUT2D eigenvalue weighted by Crippen LogP contribution is -2.42. The van der Waals surface area contributed by atoms with Crippen molar-refractivity contribution < 1.29 is 9.59 Å². The predicted molar refractivity (Wildman–Crippen MR) is 61.9 cm³/mol. The van der Waals surface area contributed by atoms with Crippen LogP contribution < -0.4 is 16.0 Å². The Labute approximate surface area is 96.4 Å². The molecule has 2 amide bonds. The molecule has 1 saturated heterocycles. The first-order chi connectivity index (χ1) is 7.59. The van der Waals surface area contributed by atoms with Crippen molar-refractivity contribution in [2.24, 2.45) is 0 Å². The Balaban J connectivity index is 2.10. The first-order valence-electron chi connectivity index (χ1n) is 5.90. The molecule has 0 bridgehead atoms. The SMILES string of the molecule is CC(C)NC(=O)CCNC(=O)[C@H]1CCCN1. The Morgan fingerprint density at radius 3 is 2.75 bits per heavy atom. The van der Waals surface area contributed by atoms with E-state index >= 15 is 0 Å². The second-order valence-electron chi connectivity index (χ2n) is 4.41.